The van der Waals surface area contributed by atoms with Crippen LogP contribution in [0.5, 0.6) is 0 Å². The topological polar surface area (TPSA) is 39.7 Å². The van der Waals surface area contributed by atoms with Gasteiger partial charge in [-0.05, 0) is 13.0 Å². The van der Waals surface area contributed by atoms with E-state index in [1.54, 1.807) is 0 Å². The van der Waals surface area contributed by atoms with Gasteiger partial charge in [-0.2, -0.15) is 0 Å². The molecule has 2 aliphatic rings. The van der Waals surface area contributed by atoms with E-state index in [1.165, 1.54) is 6.42 Å². The highest BCUT2D eigenvalue weighted by Gasteiger charge is 2.22. The molecule has 0 aromatic carbocycles. The molecule has 0 aromatic rings. The summed E-state index contributed by atoms with van der Waals surface area (Å²) >= 11 is 0. The van der Waals surface area contributed by atoms with Crippen LogP contribution in [0.2, 0.25) is 0 Å². The summed E-state index contributed by atoms with van der Waals surface area (Å²) in [4.78, 5) is 6.64. The Morgan fingerprint density at radius 1 is 1.50 bits per heavy atom. The van der Waals surface area contributed by atoms with Gasteiger partial charge in [-0.3, -0.25) is 4.99 Å². The summed E-state index contributed by atoms with van der Waals surface area (Å²) in [6.07, 6.45) is 1.23. The third kappa shape index (κ3) is 1.39. The molecule has 0 radical (unpaired) electrons. The van der Waals surface area contributed by atoms with Crippen molar-refractivity contribution in [2.24, 2.45) is 4.99 Å². The van der Waals surface area contributed by atoms with E-state index in [0.717, 1.165) is 32.1 Å². The van der Waals surface area contributed by atoms with Gasteiger partial charge < -0.3 is 15.5 Å². The zero-order valence-corrected chi connectivity index (χ0v) is 7.51. The van der Waals surface area contributed by atoms with Crippen LogP contribution in [0.25, 0.3) is 0 Å². The predicted molar refractivity (Wildman–Crippen MR) is 49.3 cm³/mol. The molecule has 1 saturated heterocycles. The fraction of sp³-hybridized carbons (Fsp3) is 0.875. The first-order chi connectivity index (χ1) is 5.88. The lowest BCUT2D eigenvalue weighted by atomic mass is 10.2. The second-order valence-corrected chi connectivity index (χ2v) is 3.39. The molecule has 4 nitrogen and oxygen atoms in total. The van der Waals surface area contributed by atoms with Gasteiger partial charge in [0.05, 0.1) is 6.54 Å². The Bertz CT molecular complexity index is 183. The van der Waals surface area contributed by atoms with Crippen molar-refractivity contribution in [1.29, 1.82) is 0 Å². The van der Waals surface area contributed by atoms with E-state index in [9.17, 15) is 0 Å². The maximum Gasteiger partial charge on any atom is 0.194 e. The van der Waals surface area contributed by atoms with E-state index in [4.69, 9.17) is 0 Å². The van der Waals surface area contributed by atoms with Crippen LogP contribution < -0.4 is 10.6 Å². The summed E-state index contributed by atoms with van der Waals surface area (Å²) in [5.74, 6) is 1.07. The molecule has 68 valence electrons. The van der Waals surface area contributed by atoms with Crippen LogP contribution in [0.1, 0.15) is 6.42 Å². The minimum Gasteiger partial charge on any atom is -0.354 e. The van der Waals surface area contributed by atoms with E-state index in [0.29, 0.717) is 6.04 Å². The Morgan fingerprint density at radius 2 is 2.42 bits per heavy atom. The summed E-state index contributed by atoms with van der Waals surface area (Å²) < 4.78 is 0. The van der Waals surface area contributed by atoms with Gasteiger partial charge in [0.1, 0.15) is 0 Å². The van der Waals surface area contributed by atoms with E-state index >= 15 is 0 Å². The SMILES string of the molecule is CN(C1=NCCN1)C1CCNC1. The number of hydrogen-bond acceptors (Lipinski definition) is 4. The number of aliphatic imine (C=N–C) groups is 1. The molecule has 0 aromatic heterocycles. The van der Waals surface area contributed by atoms with Crippen LogP contribution >= 0.6 is 0 Å². The highest BCUT2D eigenvalue weighted by molar-refractivity contribution is 5.81. The van der Waals surface area contributed by atoms with Gasteiger partial charge >= 0.3 is 0 Å². The monoisotopic (exact) mass is 168 g/mol. The summed E-state index contributed by atoms with van der Waals surface area (Å²) in [6, 6.07) is 0.634. The van der Waals surface area contributed by atoms with E-state index in [-0.39, 0.29) is 0 Å². The number of hydrogen-bond donors (Lipinski definition) is 2. The van der Waals surface area contributed by atoms with Gasteiger partial charge in [-0.1, -0.05) is 0 Å². The van der Waals surface area contributed by atoms with Gasteiger partial charge in [-0.15, -0.1) is 0 Å². The van der Waals surface area contributed by atoms with Crippen molar-refractivity contribution in [3.05, 3.63) is 0 Å². The van der Waals surface area contributed by atoms with Crippen LogP contribution in [0, 0.1) is 0 Å². The summed E-state index contributed by atoms with van der Waals surface area (Å²) in [5, 5.41) is 6.63. The van der Waals surface area contributed by atoms with Crippen molar-refractivity contribution in [1.82, 2.24) is 15.5 Å². The van der Waals surface area contributed by atoms with Crippen molar-refractivity contribution in [2.45, 2.75) is 12.5 Å². The fourth-order valence-electron chi connectivity index (χ4n) is 1.76. The van der Waals surface area contributed by atoms with Crippen molar-refractivity contribution in [3.8, 4) is 0 Å². The van der Waals surface area contributed by atoms with Gasteiger partial charge in [0, 0.05) is 26.2 Å². The smallest absolute Gasteiger partial charge is 0.194 e. The first-order valence-corrected chi connectivity index (χ1v) is 4.60. The molecule has 0 aliphatic carbocycles. The summed E-state index contributed by atoms with van der Waals surface area (Å²) in [6.45, 7) is 4.17. The molecule has 2 aliphatic heterocycles. The lowest BCUT2D eigenvalue weighted by Gasteiger charge is -2.25. The predicted octanol–water partition coefficient (Wildman–Crippen LogP) is -0.761. The minimum atomic E-state index is 0.634. The molecular weight excluding hydrogens is 152 g/mol. The Balaban J connectivity index is 1.93. The number of nitrogens with zero attached hydrogens (tertiary/aromatic N) is 2. The first kappa shape index (κ1) is 7.86. The largest absolute Gasteiger partial charge is 0.354 e. The zero-order chi connectivity index (χ0) is 8.39. The minimum absolute atomic E-state index is 0.634. The second-order valence-electron chi connectivity index (χ2n) is 3.39. The quantitative estimate of drug-likeness (QED) is 0.540. The number of rotatable bonds is 1. The molecule has 2 heterocycles. The Labute approximate surface area is 73.0 Å². The average Bonchev–Trinajstić information content (AvgIpc) is 2.77. The number of nitrogens with one attached hydrogen (secondary N) is 2. The molecule has 0 saturated carbocycles. The standard InChI is InChI=1S/C8H16N4/c1-12(7-2-3-9-6-7)8-10-4-5-11-8/h7,9H,2-6H2,1H3,(H,10,11). The van der Waals surface area contributed by atoms with Crippen molar-refractivity contribution >= 4 is 5.96 Å². The Hall–Kier alpha value is -0.770. The third-order valence-corrected chi connectivity index (χ3v) is 2.57. The normalized spacial score (nSPS) is 28.4. The molecule has 1 atom stereocenters. The lowest BCUT2D eigenvalue weighted by Crippen LogP contribution is -2.43. The molecule has 1 fully saturated rings. The van der Waals surface area contributed by atoms with Crippen LogP contribution in [0.3, 0.4) is 0 Å². The first-order valence-electron chi connectivity index (χ1n) is 4.60. The van der Waals surface area contributed by atoms with Crippen molar-refractivity contribution < 1.29 is 0 Å². The maximum absolute atomic E-state index is 4.38. The number of likely N-dealkylation sites (N-methyl/N-ethyl adjacent to an activating group) is 1. The van der Waals surface area contributed by atoms with Crippen molar-refractivity contribution in [3.63, 3.8) is 0 Å². The molecule has 1 unspecified atom stereocenters. The molecule has 0 bridgehead atoms. The summed E-state index contributed by atoms with van der Waals surface area (Å²) in [5.41, 5.74) is 0. The third-order valence-electron chi connectivity index (χ3n) is 2.57. The highest BCUT2D eigenvalue weighted by atomic mass is 15.3. The molecule has 4 heteroatoms. The Kier molecular flexibility index (Phi) is 2.17. The molecular formula is C8H16N4. The van der Waals surface area contributed by atoms with Gasteiger partial charge in [0.25, 0.3) is 0 Å². The summed E-state index contributed by atoms with van der Waals surface area (Å²) in [7, 11) is 2.12. The average molecular weight is 168 g/mol. The van der Waals surface area contributed by atoms with Crippen molar-refractivity contribution in [2.75, 3.05) is 33.2 Å². The molecule has 12 heavy (non-hydrogen) atoms. The van der Waals surface area contributed by atoms with E-state index in [1.807, 2.05) is 0 Å². The second kappa shape index (κ2) is 3.31. The maximum atomic E-state index is 4.38. The fourth-order valence-corrected chi connectivity index (χ4v) is 1.76. The van der Waals surface area contributed by atoms with Gasteiger partial charge in [-0.25, -0.2) is 0 Å². The molecule has 2 rings (SSSR count). The highest BCUT2D eigenvalue weighted by Crippen LogP contribution is 2.07. The molecule has 0 spiro atoms. The Morgan fingerprint density at radius 3 is 3.00 bits per heavy atom. The lowest BCUT2D eigenvalue weighted by molar-refractivity contribution is 0.380. The van der Waals surface area contributed by atoms with Crippen LogP contribution in [0.15, 0.2) is 4.99 Å². The zero-order valence-electron chi connectivity index (χ0n) is 7.51. The van der Waals surface area contributed by atoms with E-state index < -0.39 is 0 Å². The van der Waals surface area contributed by atoms with Gasteiger partial charge in [0.15, 0.2) is 5.96 Å². The van der Waals surface area contributed by atoms with Gasteiger partial charge in [0.2, 0.25) is 0 Å². The van der Waals surface area contributed by atoms with Crippen LogP contribution in [-0.4, -0.2) is 50.1 Å². The number of guanidine groups is 1. The van der Waals surface area contributed by atoms with Crippen LogP contribution in [-0.2, 0) is 0 Å². The molecule has 2 N–H and O–H groups in total. The van der Waals surface area contributed by atoms with E-state index in [2.05, 4.69) is 27.6 Å². The molecule has 0 amide bonds. The van der Waals surface area contributed by atoms with Crippen LogP contribution in [0.4, 0.5) is 0 Å².